The minimum absolute atomic E-state index is 0.225. The maximum absolute atomic E-state index is 4.83. The van der Waals surface area contributed by atoms with Crippen LogP contribution < -0.4 is 10.6 Å². The highest BCUT2D eigenvalue weighted by molar-refractivity contribution is 5.90. The second-order valence-electron chi connectivity index (χ2n) is 7.88. The van der Waals surface area contributed by atoms with Crippen molar-refractivity contribution in [1.29, 1.82) is 0 Å². The molecule has 152 valence electrons. The Bertz CT molecular complexity index is 1080. The van der Waals surface area contributed by atoms with Crippen molar-refractivity contribution < 1.29 is 0 Å². The summed E-state index contributed by atoms with van der Waals surface area (Å²) in [6.45, 7) is 4.35. The van der Waals surface area contributed by atoms with Crippen LogP contribution in [0.4, 0.5) is 11.8 Å². The lowest BCUT2D eigenvalue weighted by molar-refractivity contribution is 0.772. The van der Waals surface area contributed by atoms with Gasteiger partial charge in [0.05, 0.1) is 5.52 Å². The fourth-order valence-corrected chi connectivity index (χ4v) is 3.74. The van der Waals surface area contributed by atoms with Crippen molar-refractivity contribution in [1.82, 2.24) is 9.97 Å². The Labute approximate surface area is 178 Å². The van der Waals surface area contributed by atoms with E-state index in [-0.39, 0.29) is 12.1 Å². The summed E-state index contributed by atoms with van der Waals surface area (Å²) in [6, 6.07) is 29.7. The Balaban J connectivity index is 1.53. The van der Waals surface area contributed by atoms with Crippen molar-refractivity contribution in [2.75, 3.05) is 10.6 Å². The first-order valence-corrected chi connectivity index (χ1v) is 10.5. The number of benzene rings is 3. The van der Waals surface area contributed by atoms with Gasteiger partial charge in [0.25, 0.3) is 0 Å². The number of rotatable bonds is 8. The molecule has 0 amide bonds. The van der Waals surface area contributed by atoms with Crippen molar-refractivity contribution >= 4 is 22.7 Å². The SMILES string of the molecule is CC(Cc1ccccc1)Nc1nc(NC(C)Cc2ccccc2)c2ccccc2n1. The summed E-state index contributed by atoms with van der Waals surface area (Å²) in [4.78, 5) is 9.58. The molecule has 2 N–H and O–H groups in total. The van der Waals surface area contributed by atoms with Crippen LogP contribution in [0.5, 0.6) is 0 Å². The van der Waals surface area contributed by atoms with Gasteiger partial charge >= 0.3 is 0 Å². The highest BCUT2D eigenvalue weighted by Crippen LogP contribution is 2.23. The van der Waals surface area contributed by atoms with Gasteiger partial charge in [0.1, 0.15) is 5.82 Å². The van der Waals surface area contributed by atoms with Gasteiger partial charge < -0.3 is 10.6 Å². The number of para-hydroxylation sites is 1. The summed E-state index contributed by atoms with van der Waals surface area (Å²) in [7, 11) is 0. The van der Waals surface area contributed by atoms with Gasteiger partial charge in [-0.1, -0.05) is 72.8 Å². The third-order valence-corrected chi connectivity index (χ3v) is 5.13. The van der Waals surface area contributed by atoms with Crippen LogP contribution >= 0.6 is 0 Å². The van der Waals surface area contributed by atoms with Crippen LogP contribution in [-0.4, -0.2) is 22.1 Å². The Morgan fingerprint density at radius 3 is 1.80 bits per heavy atom. The van der Waals surface area contributed by atoms with Crippen LogP contribution in [0.3, 0.4) is 0 Å². The van der Waals surface area contributed by atoms with Gasteiger partial charge in [0.15, 0.2) is 0 Å². The van der Waals surface area contributed by atoms with E-state index in [1.165, 1.54) is 11.1 Å². The third kappa shape index (κ3) is 5.15. The van der Waals surface area contributed by atoms with E-state index in [9.17, 15) is 0 Å². The van der Waals surface area contributed by atoms with Crippen molar-refractivity contribution in [2.24, 2.45) is 0 Å². The van der Waals surface area contributed by atoms with Crippen LogP contribution in [0, 0.1) is 0 Å². The van der Waals surface area contributed by atoms with E-state index in [0.29, 0.717) is 5.95 Å². The molecule has 0 bridgehead atoms. The maximum atomic E-state index is 4.83. The average molecular weight is 397 g/mol. The summed E-state index contributed by atoms with van der Waals surface area (Å²) in [5.74, 6) is 1.53. The molecule has 1 aromatic heterocycles. The molecule has 4 nitrogen and oxygen atoms in total. The molecule has 0 spiro atoms. The molecule has 0 saturated carbocycles. The molecule has 0 fully saturated rings. The normalized spacial score (nSPS) is 13.0. The standard InChI is InChI=1S/C26H28N4/c1-19(17-21-11-5-3-6-12-21)27-25-23-15-9-10-16-24(23)29-26(30-25)28-20(2)18-22-13-7-4-8-14-22/h3-16,19-20H,17-18H2,1-2H3,(H2,27,28,29,30). The van der Waals surface area contributed by atoms with Gasteiger partial charge in [-0.05, 0) is 49.9 Å². The maximum Gasteiger partial charge on any atom is 0.225 e. The quantitative estimate of drug-likeness (QED) is 0.400. The number of anilines is 2. The number of hydrogen-bond acceptors (Lipinski definition) is 4. The molecule has 2 atom stereocenters. The molecule has 0 aliphatic heterocycles. The van der Waals surface area contributed by atoms with Gasteiger partial charge in [-0.3, -0.25) is 0 Å². The smallest absolute Gasteiger partial charge is 0.225 e. The zero-order chi connectivity index (χ0) is 20.8. The van der Waals surface area contributed by atoms with Crippen molar-refractivity contribution in [3.63, 3.8) is 0 Å². The summed E-state index contributed by atoms with van der Waals surface area (Å²) in [5, 5.41) is 8.13. The van der Waals surface area contributed by atoms with E-state index in [1.807, 2.05) is 30.3 Å². The van der Waals surface area contributed by atoms with E-state index < -0.39 is 0 Å². The lowest BCUT2D eigenvalue weighted by Gasteiger charge is -2.19. The molecular weight excluding hydrogens is 368 g/mol. The van der Waals surface area contributed by atoms with Crippen molar-refractivity contribution in [2.45, 2.75) is 38.8 Å². The number of fused-ring (bicyclic) bond motifs is 1. The van der Waals surface area contributed by atoms with E-state index in [4.69, 9.17) is 9.97 Å². The van der Waals surface area contributed by atoms with Gasteiger partial charge in [0, 0.05) is 17.5 Å². The molecule has 2 unspecified atom stereocenters. The lowest BCUT2D eigenvalue weighted by atomic mass is 10.1. The molecular formula is C26H28N4. The van der Waals surface area contributed by atoms with Gasteiger partial charge in [0.2, 0.25) is 5.95 Å². The Morgan fingerprint density at radius 1 is 0.633 bits per heavy atom. The summed E-state index contributed by atoms with van der Waals surface area (Å²) < 4.78 is 0. The lowest BCUT2D eigenvalue weighted by Crippen LogP contribution is -2.22. The van der Waals surface area contributed by atoms with Crippen LogP contribution in [-0.2, 0) is 12.8 Å². The van der Waals surface area contributed by atoms with Crippen molar-refractivity contribution in [3.05, 3.63) is 96.1 Å². The monoisotopic (exact) mass is 396 g/mol. The van der Waals surface area contributed by atoms with E-state index in [2.05, 4.69) is 79.1 Å². The van der Waals surface area contributed by atoms with E-state index >= 15 is 0 Å². The number of nitrogens with zero attached hydrogens (tertiary/aromatic N) is 2. The largest absolute Gasteiger partial charge is 0.367 e. The molecule has 4 aromatic rings. The second-order valence-corrected chi connectivity index (χ2v) is 7.88. The Kier molecular flexibility index (Phi) is 6.23. The predicted octanol–water partition coefficient (Wildman–Crippen LogP) is 5.72. The molecule has 30 heavy (non-hydrogen) atoms. The summed E-state index contributed by atoms with van der Waals surface area (Å²) >= 11 is 0. The van der Waals surface area contributed by atoms with Gasteiger partial charge in [-0.2, -0.15) is 4.98 Å². The Hall–Kier alpha value is -3.40. The molecule has 0 aliphatic carbocycles. The van der Waals surface area contributed by atoms with Gasteiger partial charge in [-0.15, -0.1) is 0 Å². The fraction of sp³-hybridized carbons (Fsp3) is 0.231. The van der Waals surface area contributed by atoms with Crippen LogP contribution in [0.25, 0.3) is 10.9 Å². The third-order valence-electron chi connectivity index (χ3n) is 5.13. The fourth-order valence-electron chi connectivity index (χ4n) is 3.74. The molecule has 3 aromatic carbocycles. The predicted molar refractivity (Wildman–Crippen MR) is 126 cm³/mol. The van der Waals surface area contributed by atoms with Crippen LogP contribution in [0.15, 0.2) is 84.9 Å². The number of hydrogen-bond donors (Lipinski definition) is 2. The first kappa shape index (κ1) is 19.9. The van der Waals surface area contributed by atoms with Crippen LogP contribution in [0.1, 0.15) is 25.0 Å². The first-order chi connectivity index (χ1) is 14.7. The Morgan fingerprint density at radius 2 is 1.17 bits per heavy atom. The topological polar surface area (TPSA) is 49.8 Å². The van der Waals surface area contributed by atoms with Crippen molar-refractivity contribution in [3.8, 4) is 0 Å². The molecule has 4 heteroatoms. The minimum Gasteiger partial charge on any atom is -0.367 e. The molecule has 0 aliphatic rings. The molecule has 4 rings (SSSR count). The number of aromatic nitrogens is 2. The minimum atomic E-state index is 0.225. The number of nitrogens with one attached hydrogen (secondary N) is 2. The molecule has 0 saturated heterocycles. The highest BCUT2D eigenvalue weighted by Gasteiger charge is 2.12. The second kappa shape index (κ2) is 9.40. The van der Waals surface area contributed by atoms with Gasteiger partial charge in [-0.25, -0.2) is 4.98 Å². The van der Waals surface area contributed by atoms with Crippen LogP contribution in [0.2, 0.25) is 0 Å². The van der Waals surface area contributed by atoms with E-state index in [0.717, 1.165) is 29.6 Å². The summed E-state index contributed by atoms with van der Waals surface area (Å²) in [5.41, 5.74) is 3.55. The first-order valence-electron chi connectivity index (χ1n) is 10.5. The molecule has 0 radical (unpaired) electrons. The average Bonchev–Trinajstić information content (AvgIpc) is 2.75. The zero-order valence-corrected chi connectivity index (χ0v) is 17.5. The summed E-state index contributed by atoms with van der Waals surface area (Å²) in [6.07, 6.45) is 1.86. The highest BCUT2D eigenvalue weighted by atomic mass is 15.2. The zero-order valence-electron chi connectivity index (χ0n) is 17.5. The van der Waals surface area contributed by atoms with E-state index in [1.54, 1.807) is 0 Å². The molecule has 1 heterocycles.